The van der Waals surface area contributed by atoms with Gasteiger partial charge in [-0.3, -0.25) is 9.59 Å². The van der Waals surface area contributed by atoms with Gasteiger partial charge >= 0.3 is 0 Å². The van der Waals surface area contributed by atoms with Gasteiger partial charge in [-0.2, -0.15) is 0 Å². The van der Waals surface area contributed by atoms with Crippen molar-refractivity contribution in [2.75, 3.05) is 12.1 Å². The number of nitrogens with one attached hydrogen (secondary N) is 2. The monoisotopic (exact) mass is 421 g/mol. The van der Waals surface area contributed by atoms with Crippen LogP contribution in [0.4, 0.5) is 5.69 Å². The number of hydrogen-bond acceptors (Lipinski definition) is 6. The van der Waals surface area contributed by atoms with Gasteiger partial charge in [0.2, 0.25) is 12.7 Å². The third kappa shape index (κ3) is 4.69. The largest absolute Gasteiger partial charge is 0.454 e. The van der Waals surface area contributed by atoms with Crippen LogP contribution in [0.5, 0.6) is 11.5 Å². The van der Waals surface area contributed by atoms with E-state index in [1.807, 2.05) is 32.0 Å². The second-order valence-corrected chi connectivity index (χ2v) is 7.27. The Labute approximate surface area is 179 Å². The highest BCUT2D eigenvalue weighted by Gasteiger charge is 2.16. The summed E-state index contributed by atoms with van der Waals surface area (Å²) < 4.78 is 15.8. The summed E-state index contributed by atoms with van der Waals surface area (Å²) in [6.07, 6.45) is 0.779. The molecule has 2 amide bonds. The molecule has 8 heteroatoms. The van der Waals surface area contributed by atoms with Gasteiger partial charge in [-0.15, -0.1) is 0 Å². The Balaban J connectivity index is 1.37. The van der Waals surface area contributed by atoms with E-state index in [-0.39, 0.29) is 25.0 Å². The molecular weight excluding hydrogens is 398 g/mol. The van der Waals surface area contributed by atoms with Gasteiger partial charge in [0.25, 0.3) is 5.91 Å². The Morgan fingerprint density at radius 1 is 1.06 bits per heavy atom. The number of amides is 2. The first-order chi connectivity index (χ1) is 15.0. The van der Waals surface area contributed by atoms with E-state index in [1.165, 1.54) is 0 Å². The van der Waals surface area contributed by atoms with E-state index in [2.05, 4.69) is 15.8 Å². The molecule has 0 unspecified atom stereocenters. The number of rotatable bonds is 7. The molecule has 0 spiro atoms. The molecule has 8 nitrogen and oxygen atoms in total. The second-order valence-electron chi connectivity index (χ2n) is 7.27. The van der Waals surface area contributed by atoms with Gasteiger partial charge < -0.3 is 24.6 Å². The lowest BCUT2D eigenvalue weighted by molar-refractivity contribution is -0.116. The maximum atomic E-state index is 12.7. The Bertz CT molecular complexity index is 1100. The van der Waals surface area contributed by atoms with E-state index in [9.17, 15) is 9.59 Å². The summed E-state index contributed by atoms with van der Waals surface area (Å²) >= 11 is 0. The maximum Gasteiger partial charge on any atom is 0.253 e. The van der Waals surface area contributed by atoms with Gasteiger partial charge in [-0.1, -0.05) is 23.4 Å². The van der Waals surface area contributed by atoms with Gasteiger partial charge in [0.05, 0.1) is 16.9 Å². The number of ether oxygens (including phenoxy) is 2. The fourth-order valence-corrected chi connectivity index (χ4v) is 3.43. The number of nitrogens with zero attached hydrogens (tertiary/aromatic N) is 1. The SMILES string of the molecule is Cc1noc(C)c1CCC(=O)Nc1ccccc1C(=O)NCc1ccc2c(c1)OCO2. The van der Waals surface area contributed by atoms with Crippen LogP contribution >= 0.6 is 0 Å². The molecule has 4 rings (SSSR count). The van der Waals surface area contributed by atoms with Crippen LogP contribution in [0, 0.1) is 13.8 Å². The number of aryl methyl sites for hydroxylation is 2. The molecule has 2 N–H and O–H groups in total. The minimum absolute atomic E-state index is 0.184. The maximum absolute atomic E-state index is 12.7. The van der Waals surface area contributed by atoms with E-state index in [0.29, 0.717) is 41.5 Å². The highest BCUT2D eigenvalue weighted by Crippen LogP contribution is 2.32. The number of fused-ring (bicyclic) bond motifs is 1. The van der Waals surface area contributed by atoms with Crippen LogP contribution in [-0.4, -0.2) is 23.8 Å². The molecule has 0 fully saturated rings. The van der Waals surface area contributed by atoms with Crippen LogP contribution in [-0.2, 0) is 17.8 Å². The van der Waals surface area contributed by atoms with Gasteiger partial charge in [0, 0.05) is 18.5 Å². The standard InChI is InChI=1S/C23H23N3O5/c1-14-17(15(2)31-26-14)8-10-22(27)25-19-6-4-3-5-18(19)23(28)24-12-16-7-9-20-21(11-16)30-13-29-20/h3-7,9,11H,8,10,12-13H2,1-2H3,(H,24,28)(H,25,27). The van der Waals surface area contributed by atoms with Crippen LogP contribution in [0.25, 0.3) is 0 Å². The van der Waals surface area contributed by atoms with Crippen LogP contribution in [0.1, 0.15) is 39.4 Å². The Morgan fingerprint density at radius 3 is 2.68 bits per heavy atom. The molecule has 0 bridgehead atoms. The first-order valence-electron chi connectivity index (χ1n) is 9.98. The van der Waals surface area contributed by atoms with Crippen LogP contribution < -0.4 is 20.1 Å². The first-order valence-corrected chi connectivity index (χ1v) is 9.98. The van der Waals surface area contributed by atoms with Crippen molar-refractivity contribution >= 4 is 17.5 Å². The molecular formula is C23H23N3O5. The first kappa shape index (κ1) is 20.5. The molecule has 1 aromatic heterocycles. The summed E-state index contributed by atoms with van der Waals surface area (Å²) in [6.45, 7) is 4.20. The lowest BCUT2D eigenvalue weighted by Gasteiger charge is -2.12. The number of benzene rings is 2. The molecule has 1 aliphatic heterocycles. The zero-order valence-electron chi connectivity index (χ0n) is 17.4. The smallest absolute Gasteiger partial charge is 0.253 e. The fourth-order valence-electron chi connectivity index (χ4n) is 3.43. The lowest BCUT2D eigenvalue weighted by atomic mass is 10.1. The third-order valence-corrected chi connectivity index (χ3v) is 5.12. The van der Waals surface area contributed by atoms with Crippen LogP contribution in [0.15, 0.2) is 47.0 Å². The Morgan fingerprint density at radius 2 is 1.87 bits per heavy atom. The number of para-hydroxylation sites is 1. The second kappa shape index (κ2) is 8.91. The van der Waals surface area contributed by atoms with Crippen molar-refractivity contribution in [3.05, 3.63) is 70.6 Å². The quantitative estimate of drug-likeness (QED) is 0.605. The minimum atomic E-state index is -0.278. The lowest BCUT2D eigenvalue weighted by Crippen LogP contribution is -2.25. The van der Waals surface area contributed by atoms with Crippen molar-refractivity contribution in [2.24, 2.45) is 0 Å². The summed E-state index contributed by atoms with van der Waals surface area (Å²) in [4.78, 5) is 25.2. The fraction of sp³-hybridized carbons (Fsp3) is 0.261. The van der Waals surface area contributed by atoms with Crippen molar-refractivity contribution in [3.8, 4) is 11.5 Å². The number of hydrogen-bond donors (Lipinski definition) is 2. The van der Waals surface area contributed by atoms with E-state index in [4.69, 9.17) is 14.0 Å². The molecule has 160 valence electrons. The molecule has 0 atom stereocenters. The highest BCUT2D eigenvalue weighted by molar-refractivity contribution is 6.03. The zero-order valence-corrected chi connectivity index (χ0v) is 17.4. The predicted octanol–water partition coefficient (Wildman–Crippen LogP) is 3.52. The summed E-state index contributed by atoms with van der Waals surface area (Å²) in [6, 6.07) is 12.5. The van der Waals surface area contributed by atoms with Crippen LogP contribution in [0.2, 0.25) is 0 Å². The predicted molar refractivity (Wildman–Crippen MR) is 113 cm³/mol. The van der Waals surface area contributed by atoms with Crippen molar-refractivity contribution < 1.29 is 23.6 Å². The number of anilines is 1. The molecule has 1 aliphatic rings. The van der Waals surface area contributed by atoms with Crippen molar-refractivity contribution in [3.63, 3.8) is 0 Å². The molecule has 0 saturated carbocycles. The van der Waals surface area contributed by atoms with E-state index < -0.39 is 0 Å². The highest BCUT2D eigenvalue weighted by atomic mass is 16.7. The van der Waals surface area contributed by atoms with Crippen molar-refractivity contribution in [1.29, 1.82) is 0 Å². The Hall–Kier alpha value is -3.81. The van der Waals surface area contributed by atoms with Gasteiger partial charge in [0.15, 0.2) is 11.5 Å². The van der Waals surface area contributed by atoms with E-state index in [1.54, 1.807) is 24.3 Å². The summed E-state index contributed by atoms with van der Waals surface area (Å²) in [5.74, 6) is 1.61. The molecule has 2 heterocycles. The number of carbonyl (C=O) groups is 2. The summed E-state index contributed by atoms with van der Waals surface area (Å²) in [5, 5.41) is 9.63. The van der Waals surface area contributed by atoms with Gasteiger partial charge in [-0.05, 0) is 50.1 Å². The average molecular weight is 421 g/mol. The van der Waals surface area contributed by atoms with Gasteiger partial charge in [-0.25, -0.2) is 0 Å². The number of carbonyl (C=O) groups excluding carboxylic acids is 2. The summed E-state index contributed by atoms with van der Waals surface area (Å²) in [7, 11) is 0. The zero-order chi connectivity index (χ0) is 21.8. The number of aromatic nitrogens is 1. The van der Waals surface area contributed by atoms with Crippen molar-refractivity contribution in [2.45, 2.75) is 33.2 Å². The van der Waals surface area contributed by atoms with E-state index in [0.717, 1.165) is 16.8 Å². The molecule has 31 heavy (non-hydrogen) atoms. The molecule has 2 aromatic carbocycles. The van der Waals surface area contributed by atoms with Crippen LogP contribution in [0.3, 0.4) is 0 Å². The molecule has 3 aromatic rings. The Kier molecular flexibility index (Phi) is 5.88. The molecule has 0 radical (unpaired) electrons. The third-order valence-electron chi connectivity index (χ3n) is 5.12. The normalized spacial score (nSPS) is 11.9. The van der Waals surface area contributed by atoms with Crippen molar-refractivity contribution in [1.82, 2.24) is 10.5 Å². The topological polar surface area (TPSA) is 103 Å². The molecule has 0 saturated heterocycles. The minimum Gasteiger partial charge on any atom is -0.454 e. The average Bonchev–Trinajstić information content (AvgIpc) is 3.36. The van der Waals surface area contributed by atoms with Gasteiger partial charge in [0.1, 0.15) is 5.76 Å². The summed E-state index contributed by atoms with van der Waals surface area (Å²) in [5.41, 5.74) is 3.47. The van der Waals surface area contributed by atoms with E-state index >= 15 is 0 Å². The molecule has 0 aliphatic carbocycles.